The van der Waals surface area contributed by atoms with Crippen molar-refractivity contribution in [1.82, 2.24) is 14.8 Å². The molecule has 2 heterocycles. The van der Waals surface area contributed by atoms with Crippen molar-refractivity contribution in [3.63, 3.8) is 0 Å². The maximum atomic E-state index is 5.87. The molecule has 3 N–H and O–H groups in total. The van der Waals surface area contributed by atoms with Gasteiger partial charge in [0.2, 0.25) is 11.9 Å². The lowest BCUT2D eigenvalue weighted by molar-refractivity contribution is 0.352. The van der Waals surface area contributed by atoms with Crippen LogP contribution in [0.5, 0.6) is 11.5 Å². The maximum absolute atomic E-state index is 5.87. The molecule has 0 radical (unpaired) electrons. The molecule has 2 atom stereocenters. The lowest BCUT2D eigenvalue weighted by Gasteiger charge is -2.32. The van der Waals surface area contributed by atoms with Gasteiger partial charge in [0, 0.05) is 4.47 Å². The Morgan fingerprint density at radius 2 is 1.78 bits per heavy atom. The zero-order valence-corrected chi connectivity index (χ0v) is 16.6. The van der Waals surface area contributed by atoms with Crippen molar-refractivity contribution in [3.05, 3.63) is 58.1 Å². The average molecular weight is 430 g/mol. The second-order valence-corrected chi connectivity index (χ2v) is 7.27. The van der Waals surface area contributed by atoms with Crippen molar-refractivity contribution >= 4 is 27.8 Å². The standard InChI is InChI=1S/C19H20BrN5O2/c1-26-16-8-5-12(9-17(16)27-2)15-10-14(11-3-6-13(20)7-4-11)22-19-23-18(21)24-25(15)19/h3-9,14-15H,10H2,1-2H3,(H3,21,22,23,24)/t14-,15+/m0/s1. The molecule has 1 aliphatic rings. The maximum Gasteiger partial charge on any atom is 0.241 e. The zero-order chi connectivity index (χ0) is 19.0. The van der Waals surface area contributed by atoms with Gasteiger partial charge in [-0.25, -0.2) is 4.68 Å². The monoisotopic (exact) mass is 429 g/mol. The summed E-state index contributed by atoms with van der Waals surface area (Å²) in [5.41, 5.74) is 8.11. The number of nitrogens with one attached hydrogen (secondary N) is 1. The van der Waals surface area contributed by atoms with Crippen LogP contribution in [-0.2, 0) is 0 Å². The van der Waals surface area contributed by atoms with E-state index in [9.17, 15) is 0 Å². The molecular formula is C19H20BrN5O2. The van der Waals surface area contributed by atoms with E-state index in [1.807, 2.05) is 35.0 Å². The molecule has 0 bridgehead atoms. The van der Waals surface area contributed by atoms with Crippen LogP contribution in [0.1, 0.15) is 29.6 Å². The first-order valence-electron chi connectivity index (χ1n) is 8.55. The highest BCUT2D eigenvalue weighted by Crippen LogP contribution is 2.40. The Morgan fingerprint density at radius 3 is 2.48 bits per heavy atom. The molecule has 4 rings (SSSR count). The fourth-order valence-electron chi connectivity index (χ4n) is 3.45. The lowest BCUT2D eigenvalue weighted by Crippen LogP contribution is -2.28. The van der Waals surface area contributed by atoms with Gasteiger partial charge >= 0.3 is 0 Å². The summed E-state index contributed by atoms with van der Waals surface area (Å²) in [5, 5.41) is 7.83. The molecule has 1 aliphatic heterocycles. The molecule has 0 amide bonds. The molecule has 2 aromatic carbocycles. The first-order valence-corrected chi connectivity index (χ1v) is 9.34. The minimum atomic E-state index is -0.0282. The summed E-state index contributed by atoms with van der Waals surface area (Å²) in [6, 6.07) is 14.3. The van der Waals surface area contributed by atoms with Gasteiger partial charge in [-0.1, -0.05) is 34.1 Å². The Morgan fingerprint density at radius 1 is 1.07 bits per heavy atom. The summed E-state index contributed by atoms with van der Waals surface area (Å²) in [6.07, 6.45) is 0.799. The summed E-state index contributed by atoms with van der Waals surface area (Å²) in [7, 11) is 3.26. The van der Waals surface area contributed by atoms with Crippen LogP contribution in [0.2, 0.25) is 0 Å². The molecule has 7 nitrogen and oxygen atoms in total. The van der Waals surface area contributed by atoms with E-state index in [0.29, 0.717) is 17.4 Å². The summed E-state index contributed by atoms with van der Waals surface area (Å²) in [6.45, 7) is 0. The molecule has 0 unspecified atom stereocenters. The van der Waals surface area contributed by atoms with E-state index in [4.69, 9.17) is 15.2 Å². The third kappa shape index (κ3) is 3.32. The van der Waals surface area contributed by atoms with Crippen LogP contribution >= 0.6 is 15.9 Å². The van der Waals surface area contributed by atoms with Gasteiger partial charge in [-0.3, -0.25) is 0 Å². The number of nitrogens with zero attached hydrogens (tertiary/aromatic N) is 3. The summed E-state index contributed by atoms with van der Waals surface area (Å²) in [5.74, 6) is 2.28. The molecule has 0 saturated heterocycles. The number of benzene rings is 2. The fraction of sp³-hybridized carbons (Fsp3) is 0.263. The number of methoxy groups -OCH3 is 2. The molecule has 3 aromatic rings. The number of anilines is 2. The molecule has 0 aliphatic carbocycles. The smallest absolute Gasteiger partial charge is 0.241 e. The van der Waals surface area contributed by atoms with Gasteiger partial charge in [0.1, 0.15) is 0 Å². The van der Waals surface area contributed by atoms with Crippen molar-refractivity contribution in [1.29, 1.82) is 0 Å². The van der Waals surface area contributed by atoms with E-state index in [1.165, 1.54) is 5.56 Å². The van der Waals surface area contributed by atoms with Gasteiger partial charge in [0.25, 0.3) is 0 Å². The summed E-state index contributed by atoms with van der Waals surface area (Å²) < 4.78 is 13.7. The van der Waals surface area contributed by atoms with Crippen molar-refractivity contribution in [2.45, 2.75) is 18.5 Å². The molecule has 140 valence electrons. The second kappa shape index (κ2) is 7.11. The van der Waals surface area contributed by atoms with E-state index in [-0.39, 0.29) is 18.0 Å². The largest absolute Gasteiger partial charge is 0.493 e. The van der Waals surface area contributed by atoms with Crippen LogP contribution in [0.15, 0.2) is 46.9 Å². The van der Waals surface area contributed by atoms with E-state index < -0.39 is 0 Å². The fourth-order valence-corrected chi connectivity index (χ4v) is 3.71. The van der Waals surface area contributed by atoms with Crippen LogP contribution in [-0.4, -0.2) is 29.0 Å². The number of nitrogens with two attached hydrogens (primary N) is 1. The van der Waals surface area contributed by atoms with E-state index in [0.717, 1.165) is 16.5 Å². The number of hydrogen-bond acceptors (Lipinski definition) is 6. The first-order chi connectivity index (χ1) is 13.1. The minimum Gasteiger partial charge on any atom is -0.493 e. The highest BCUT2D eigenvalue weighted by Gasteiger charge is 2.31. The Kier molecular flexibility index (Phi) is 4.65. The quantitative estimate of drug-likeness (QED) is 0.655. The summed E-state index contributed by atoms with van der Waals surface area (Å²) >= 11 is 3.49. The highest BCUT2D eigenvalue weighted by atomic mass is 79.9. The molecule has 1 aromatic heterocycles. The Balaban J connectivity index is 1.75. The van der Waals surface area contributed by atoms with Gasteiger partial charge in [-0.2, -0.15) is 4.98 Å². The second-order valence-electron chi connectivity index (χ2n) is 6.35. The number of halogens is 1. The SMILES string of the molecule is COc1ccc([C@H]2C[C@@H](c3ccc(Br)cc3)Nc3nc(N)nn32)cc1OC. The van der Waals surface area contributed by atoms with Crippen molar-refractivity contribution in [3.8, 4) is 11.5 Å². The Hall–Kier alpha value is -2.74. The van der Waals surface area contributed by atoms with Gasteiger partial charge < -0.3 is 20.5 Å². The summed E-state index contributed by atoms with van der Waals surface area (Å²) in [4.78, 5) is 4.35. The Bertz CT molecular complexity index is 957. The van der Waals surface area contributed by atoms with Gasteiger partial charge in [0.15, 0.2) is 11.5 Å². The van der Waals surface area contributed by atoms with E-state index in [2.05, 4.69) is 43.5 Å². The van der Waals surface area contributed by atoms with Crippen LogP contribution in [0.3, 0.4) is 0 Å². The minimum absolute atomic E-state index is 0.0282. The van der Waals surface area contributed by atoms with Crippen molar-refractivity contribution in [2.75, 3.05) is 25.3 Å². The lowest BCUT2D eigenvalue weighted by atomic mass is 9.93. The predicted molar refractivity (Wildman–Crippen MR) is 107 cm³/mol. The number of fused-ring (bicyclic) bond motifs is 1. The van der Waals surface area contributed by atoms with Crippen LogP contribution < -0.4 is 20.5 Å². The normalized spacial score (nSPS) is 18.5. The molecular weight excluding hydrogens is 410 g/mol. The van der Waals surface area contributed by atoms with Crippen molar-refractivity contribution in [2.24, 2.45) is 0 Å². The van der Waals surface area contributed by atoms with Crippen molar-refractivity contribution < 1.29 is 9.47 Å². The molecule has 8 heteroatoms. The molecule has 27 heavy (non-hydrogen) atoms. The van der Waals surface area contributed by atoms with E-state index >= 15 is 0 Å². The van der Waals surface area contributed by atoms with E-state index in [1.54, 1.807) is 14.2 Å². The number of nitrogen functional groups attached to an aromatic ring is 1. The zero-order valence-electron chi connectivity index (χ0n) is 15.0. The average Bonchev–Trinajstić information content (AvgIpc) is 3.07. The Labute approximate surface area is 165 Å². The number of ether oxygens (including phenoxy) is 2. The number of aromatic nitrogens is 3. The van der Waals surface area contributed by atoms with Crippen LogP contribution in [0.4, 0.5) is 11.9 Å². The first kappa shape index (κ1) is 17.7. The van der Waals surface area contributed by atoms with Crippen LogP contribution in [0.25, 0.3) is 0 Å². The van der Waals surface area contributed by atoms with Gasteiger partial charge in [0.05, 0.1) is 26.3 Å². The third-order valence-electron chi connectivity index (χ3n) is 4.77. The number of hydrogen-bond donors (Lipinski definition) is 2. The van der Waals surface area contributed by atoms with Gasteiger partial charge in [-0.05, 0) is 41.8 Å². The molecule has 0 fully saturated rings. The van der Waals surface area contributed by atoms with Gasteiger partial charge in [-0.15, -0.1) is 5.10 Å². The topological polar surface area (TPSA) is 87.2 Å². The predicted octanol–water partition coefficient (Wildman–Crippen LogP) is 3.79. The highest BCUT2D eigenvalue weighted by molar-refractivity contribution is 9.10. The van der Waals surface area contributed by atoms with Crippen LogP contribution in [0, 0.1) is 0 Å². The number of rotatable bonds is 4. The molecule has 0 saturated carbocycles. The molecule has 0 spiro atoms. The third-order valence-corrected chi connectivity index (χ3v) is 5.30.